The van der Waals surface area contributed by atoms with Crippen molar-refractivity contribution in [3.05, 3.63) is 86.9 Å². The highest BCUT2D eigenvalue weighted by molar-refractivity contribution is 6.31. The topological polar surface area (TPSA) is 72.2 Å². The van der Waals surface area contributed by atoms with Gasteiger partial charge in [-0.15, -0.1) is 0 Å². The van der Waals surface area contributed by atoms with Gasteiger partial charge in [-0.25, -0.2) is 4.39 Å². The second-order valence-corrected chi connectivity index (χ2v) is 4.68. The molecule has 0 spiro atoms. The van der Waals surface area contributed by atoms with Gasteiger partial charge in [-0.2, -0.15) is 0 Å². The van der Waals surface area contributed by atoms with Gasteiger partial charge in [0.2, 0.25) is 6.20 Å². The standard InChI is InChI=1S/C15H10ClFN2O3/c16-10-5-6-14(18-7-8-19(21)22)12(9-10)15(20)11-3-1-2-4-13(11)17/h1-9,18H. The molecule has 7 heteroatoms. The number of halogens is 2. The maximum atomic E-state index is 13.7. The Bertz CT molecular complexity index is 762. The summed E-state index contributed by atoms with van der Waals surface area (Å²) in [6.07, 6.45) is 1.76. The van der Waals surface area contributed by atoms with Gasteiger partial charge in [-0.3, -0.25) is 14.9 Å². The number of anilines is 1. The number of benzene rings is 2. The first-order chi connectivity index (χ1) is 10.5. The van der Waals surface area contributed by atoms with Crippen LogP contribution >= 0.6 is 11.6 Å². The van der Waals surface area contributed by atoms with Gasteiger partial charge >= 0.3 is 0 Å². The molecule has 1 N–H and O–H groups in total. The molecule has 22 heavy (non-hydrogen) atoms. The molecule has 0 aromatic heterocycles. The summed E-state index contributed by atoms with van der Waals surface area (Å²) in [5.74, 6) is -1.23. The third kappa shape index (κ3) is 3.67. The molecule has 0 radical (unpaired) electrons. The van der Waals surface area contributed by atoms with Crippen LogP contribution in [-0.4, -0.2) is 10.7 Å². The van der Waals surface area contributed by atoms with Crippen LogP contribution in [0.1, 0.15) is 15.9 Å². The van der Waals surface area contributed by atoms with Crippen LogP contribution in [0.15, 0.2) is 54.9 Å². The number of ketones is 1. The van der Waals surface area contributed by atoms with E-state index in [4.69, 9.17) is 11.6 Å². The smallest absolute Gasteiger partial charge is 0.250 e. The largest absolute Gasteiger partial charge is 0.356 e. The molecule has 0 fully saturated rings. The van der Waals surface area contributed by atoms with Gasteiger partial charge < -0.3 is 5.32 Å². The van der Waals surface area contributed by atoms with Crippen LogP contribution in [0.2, 0.25) is 5.02 Å². The monoisotopic (exact) mass is 320 g/mol. The van der Waals surface area contributed by atoms with Gasteiger partial charge in [0.05, 0.1) is 16.7 Å². The molecule has 112 valence electrons. The summed E-state index contributed by atoms with van der Waals surface area (Å²) in [4.78, 5) is 22.1. The number of hydrogen-bond acceptors (Lipinski definition) is 4. The lowest BCUT2D eigenvalue weighted by atomic mass is 10.0. The summed E-state index contributed by atoms with van der Waals surface area (Å²) < 4.78 is 13.7. The average molecular weight is 321 g/mol. The van der Waals surface area contributed by atoms with Crippen LogP contribution < -0.4 is 5.32 Å². The molecule has 0 saturated carbocycles. The van der Waals surface area contributed by atoms with Crippen molar-refractivity contribution in [1.29, 1.82) is 0 Å². The third-order valence-corrected chi connectivity index (χ3v) is 3.01. The Morgan fingerprint density at radius 1 is 1.23 bits per heavy atom. The number of rotatable bonds is 5. The van der Waals surface area contributed by atoms with E-state index in [0.29, 0.717) is 11.2 Å². The van der Waals surface area contributed by atoms with Gasteiger partial charge in [0.25, 0.3) is 0 Å². The van der Waals surface area contributed by atoms with E-state index in [1.807, 2.05) is 0 Å². The van der Waals surface area contributed by atoms with Crippen molar-refractivity contribution in [3.8, 4) is 0 Å². The summed E-state index contributed by atoms with van der Waals surface area (Å²) in [5, 5.41) is 13.2. The molecule has 2 aromatic carbocycles. The minimum absolute atomic E-state index is 0.105. The van der Waals surface area contributed by atoms with Crippen molar-refractivity contribution in [2.24, 2.45) is 0 Å². The summed E-state index contributed by atoms with van der Waals surface area (Å²) in [5.41, 5.74) is 0.299. The van der Waals surface area contributed by atoms with E-state index in [9.17, 15) is 19.3 Å². The summed E-state index contributed by atoms with van der Waals surface area (Å²) in [6, 6.07) is 9.93. The Labute approximate surface area is 130 Å². The second kappa shape index (κ2) is 6.82. The number of carbonyl (C=O) groups is 1. The molecule has 0 bridgehead atoms. The molecule has 0 aliphatic rings. The number of carbonyl (C=O) groups excluding carboxylic acids is 1. The zero-order valence-electron chi connectivity index (χ0n) is 11.1. The predicted octanol–water partition coefficient (Wildman–Crippen LogP) is 3.87. The maximum Gasteiger partial charge on any atom is 0.250 e. The van der Waals surface area contributed by atoms with Crippen molar-refractivity contribution in [2.45, 2.75) is 0 Å². The molecule has 0 aliphatic carbocycles. The molecular formula is C15H10ClFN2O3. The molecule has 0 saturated heterocycles. The van der Waals surface area contributed by atoms with E-state index in [-0.39, 0.29) is 16.8 Å². The van der Waals surface area contributed by atoms with Crippen LogP contribution in [0, 0.1) is 15.9 Å². The number of nitro groups is 1. The van der Waals surface area contributed by atoms with Gasteiger partial charge in [0, 0.05) is 16.3 Å². The zero-order chi connectivity index (χ0) is 16.1. The number of nitrogens with one attached hydrogen (secondary N) is 1. The van der Waals surface area contributed by atoms with Gasteiger partial charge in [0.1, 0.15) is 5.82 Å². The van der Waals surface area contributed by atoms with E-state index in [1.54, 1.807) is 6.07 Å². The number of nitrogens with zero attached hydrogens (tertiary/aromatic N) is 1. The molecule has 0 atom stereocenters. The van der Waals surface area contributed by atoms with E-state index in [0.717, 1.165) is 6.20 Å². The first-order valence-electron chi connectivity index (χ1n) is 6.14. The van der Waals surface area contributed by atoms with Gasteiger partial charge in [-0.1, -0.05) is 23.7 Å². The average Bonchev–Trinajstić information content (AvgIpc) is 2.48. The number of hydrogen-bond donors (Lipinski definition) is 1. The lowest BCUT2D eigenvalue weighted by Crippen LogP contribution is -2.07. The molecular weight excluding hydrogens is 311 g/mol. The molecule has 2 aromatic rings. The lowest BCUT2D eigenvalue weighted by molar-refractivity contribution is -0.402. The zero-order valence-corrected chi connectivity index (χ0v) is 11.9. The fraction of sp³-hybridized carbons (Fsp3) is 0. The third-order valence-electron chi connectivity index (χ3n) is 2.78. The minimum Gasteiger partial charge on any atom is -0.356 e. The Hall–Kier alpha value is -2.73. The molecule has 0 heterocycles. The molecule has 0 amide bonds. The van der Waals surface area contributed by atoms with Crippen LogP contribution in [0.25, 0.3) is 0 Å². The highest BCUT2D eigenvalue weighted by Crippen LogP contribution is 2.24. The fourth-order valence-corrected chi connectivity index (χ4v) is 1.98. The maximum absolute atomic E-state index is 13.7. The van der Waals surface area contributed by atoms with E-state index >= 15 is 0 Å². The Balaban J connectivity index is 2.41. The van der Waals surface area contributed by atoms with E-state index in [1.165, 1.54) is 36.4 Å². The summed E-state index contributed by atoms with van der Waals surface area (Å²) in [7, 11) is 0. The Morgan fingerprint density at radius 3 is 2.64 bits per heavy atom. The van der Waals surface area contributed by atoms with E-state index in [2.05, 4.69) is 5.32 Å². The fourth-order valence-electron chi connectivity index (χ4n) is 1.81. The molecule has 0 unspecified atom stereocenters. The Morgan fingerprint density at radius 2 is 1.95 bits per heavy atom. The van der Waals surface area contributed by atoms with Gasteiger partial charge in [-0.05, 0) is 30.3 Å². The minimum atomic E-state index is -0.653. The Kier molecular flexibility index (Phi) is 4.85. The molecule has 2 rings (SSSR count). The van der Waals surface area contributed by atoms with Crippen molar-refractivity contribution < 1.29 is 14.1 Å². The summed E-state index contributed by atoms with van der Waals surface area (Å²) >= 11 is 5.87. The van der Waals surface area contributed by atoms with Crippen molar-refractivity contribution in [2.75, 3.05) is 5.32 Å². The molecule has 0 aliphatic heterocycles. The first-order valence-corrected chi connectivity index (χ1v) is 6.52. The van der Waals surface area contributed by atoms with Crippen LogP contribution in [-0.2, 0) is 0 Å². The van der Waals surface area contributed by atoms with Gasteiger partial charge in [0.15, 0.2) is 5.78 Å². The highest BCUT2D eigenvalue weighted by Gasteiger charge is 2.17. The van der Waals surface area contributed by atoms with Crippen molar-refractivity contribution >= 4 is 23.1 Å². The second-order valence-electron chi connectivity index (χ2n) is 4.24. The quantitative estimate of drug-likeness (QED) is 0.515. The predicted molar refractivity (Wildman–Crippen MR) is 81.0 cm³/mol. The van der Waals surface area contributed by atoms with Crippen LogP contribution in [0.5, 0.6) is 0 Å². The van der Waals surface area contributed by atoms with Crippen molar-refractivity contribution in [1.82, 2.24) is 0 Å². The summed E-state index contributed by atoms with van der Waals surface area (Å²) in [6.45, 7) is 0. The first kappa shape index (κ1) is 15.7. The normalized spacial score (nSPS) is 10.6. The SMILES string of the molecule is O=C(c1ccccc1F)c1cc(Cl)ccc1NC=C[N+](=O)[O-]. The highest BCUT2D eigenvalue weighted by atomic mass is 35.5. The van der Waals surface area contributed by atoms with Crippen molar-refractivity contribution in [3.63, 3.8) is 0 Å². The van der Waals surface area contributed by atoms with E-state index < -0.39 is 16.5 Å². The molecule has 5 nitrogen and oxygen atoms in total. The van der Waals surface area contributed by atoms with Crippen LogP contribution in [0.4, 0.5) is 10.1 Å². The lowest BCUT2D eigenvalue weighted by Gasteiger charge is -2.09. The van der Waals surface area contributed by atoms with Crippen LogP contribution in [0.3, 0.4) is 0 Å².